The Morgan fingerprint density at radius 3 is 2.90 bits per heavy atom. The van der Waals surface area contributed by atoms with Crippen LogP contribution in [0.2, 0.25) is 0 Å². The van der Waals surface area contributed by atoms with Crippen molar-refractivity contribution in [3.8, 4) is 0 Å². The van der Waals surface area contributed by atoms with Gasteiger partial charge >= 0.3 is 0 Å². The van der Waals surface area contributed by atoms with Crippen molar-refractivity contribution < 1.29 is 13.9 Å². The van der Waals surface area contributed by atoms with Crippen LogP contribution in [-0.2, 0) is 16.1 Å². The molecule has 5 nitrogen and oxygen atoms in total. The third kappa shape index (κ3) is 3.30. The van der Waals surface area contributed by atoms with E-state index in [2.05, 4.69) is 0 Å². The molecule has 7 heteroatoms. The number of thiocarbonyl (C=S) groups is 1. The highest BCUT2D eigenvalue weighted by molar-refractivity contribution is 7.80. The first-order chi connectivity index (χ1) is 9.49. The number of carbonyl (C=O) groups is 1. The number of morpholine rings is 1. The van der Waals surface area contributed by atoms with E-state index >= 15 is 0 Å². The molecular formula is C13H16FN3O2S. The van der Waals surface area contributed by atoms with Gasteiger partial charge in [0.05, 0.1) is 13.2 Å². The molecule has 1 aliphatic rings. The average molecular weight is 297 g/mol. The molecule has 0 saturated carbocycles. The zero-order valence-corrected chi connectivity index (χ0v) is 11.7. The number of rotatable bonds is 4. The van der Waals surface area contributed by atoms with Crippen molar-refractivity contribution in [3.63, 3.8) is 0 Å². The average Bonchev–Trinajstić information content (AvgIpc) is 2.41. The van der Waals surface area contributed by atoms with Gasteiger partial charge < -0.3 is 16.2 Å². The molecule has 0 bridgehead atoms. The van der Waals surface area contributed by atoms with Crippen molar-refractivity contribution in [2.45, 2.75) is 12.6 Å². The molecule has 0 aliphatic carbocycles. The Morgan fingerprint density at radius 1 is 1.50 bits per heavy atom. The summed E-state index contributed by atoms with van der Waals surface area (Å²) in [4.78, 5) is 13.3. The van der Waals surface area contributed by atoms with Crippen LogP contribution in [0.1, 0.15) is 11.1 Å². The highest BCUT2D eigenvalue weighted by atomic mass is 32.1. The number of nitrogens with zero attached hydrogens (tertiary/aromatic N) is 1. The van der Waals surface area contributed by atoms with Gasteiger partial charge in [-0.1, -0.05) is 18.3 Å². The fourth-order valence-electron chi connectivity index (χ4n) is 2.18. The molecule has 0 radical (unpaired) electrons. The van der Waals surface area contributed by atoms with Crippen LogP contribution in [0.5, 0.6) is 0 Å². The SMILES string of the molecule is NC(=O)C1COCCN1Cc1ccc(F)c(C(N)=S)c1. The number of benzene rings is 1. The zero-order chi connectivity index (χ0) is 14.7. The van der Waals surface area contributed by atoms with E-state index in [4.69, 9.17) is 28.4 Å². The lowest BCUT2D eigenvalue weighted by Crippen LogP contribution is -2.51. The number of hydrogen-bond donors (Lipinski definition) is 2. The molecule has 20 heavy (non-hydrogen) atoms. The maximum absolute atomic E-state index is 13.5. The molecule has 1 atom stereocenters. The summed E-state index contributed by atoms with van der Waals surface area (Å²) >= 11 is 4.81. The van der Waals surface area contributed by atoms with Gasteiger partial charge in [-0.3, -0.25) is 9.69 Å². The van der Waals surface area contributed by atoms with Gasteiger partial charge in [0.1, 0.15) is 16.8 Å². The summed E-state index contributed by atoms with van der Waals surface area (Å²) < 4.78 is 18.8. The third-order valence-electron chi connectivity index (χ3n) is 3.25. The summed E-state index contributed by atoms with van der Waals surface area (Å²) in [7, 11) is 0. The van der Waals surface area contributed by atoms with Crippen molar-refractivity contribution in [2.75, 3.05) is 19.8 Å². The second-order valence-electron chi connectivity index (χ2n) is 4.64. The van der Waals surface area contributed by atoms with E-state index in [9.17, 15) is 9.18 Å². The largest absolute Gasteiger partial charge is 0.389 e. The summed E-state index contributed by atoms with van der Waals surface area (Å²) in [5.74, 6) is -0.879. The maximum Gasteiger partial charge on any atom is 0.237 e. The van der Waals surface area contributed by atoms with Crippen LogP contribution >= 0.6 is 12.2 Å². The predicted octanol–water partition coefficient (Wildman–Crippen LogP) is 0.146. The van der Waals surface area contributed by atoms with Gasteiger partial charge in [0.2, 0.25) is 5.91 Å². The molecule has 1 aliphatic heterocycles. The molecule has 1 heterocycles. The highest BCUT2D eigenvalue weighted by Crippen LogP contribution is 2.16. The normalized spacial score (nSPS) is 19.8. The van der Waals surface area contributed by atoms with E-state index < -0.39 is 17.8 Å². The standard InChI is InChI=1S/C13H16FN3O2S/c14-10-2-1-8(5-9(10)13(16)20)6-17-3-4-19-7-11(17)12(15)18/h1-2,5,11H,3-4,6-7H2,(H2,15,18)(H2,16,20). The van der Waals surface area contributed by atoms with E-state index in [1.165, 1.54) is 6.07 Å². The minimum absolute atomic E-state index is 0.0118. The number of nitrogens with two attached hydrogens (primary N) is 2. The van der Waals surface area contributed by atoms with Gasteiger partial charge in [-0.05, 0) is 17.7 Å². The summed E-state index contributed by atoms with van der Waals surface area (Å²) in [6, 6.07) is 4.10. The summed E-state index contributed by atoms with van der Waals surface area (Å²) in [5, 5.41) is 0. The van der Waals surface area contributed by atoms with Gasteiger partial charge in [-0.25, -0.2) is 4.39 Å². The third-order valence-corrected chi connectivity index (χ3v) is 3.47. The number of carbonyl (C=O) groups excluding carboxylic acids is 1. The second kappa shape index (κ2) is 6.25. The molecule has 4 N–H and O–H groups in total. The Labute approximate surface area is 121 Å². The van der Waals surface area contributed by atoms with Gasteiger partial charge in [0, 0.05) is 18.7 Å². The predicted molar refractivity (Wildman–Crippen MR) is 76.5 cm³/mol. The molecule has 0 aromatic heterocycles. The first kappa shape index (κ1) is 14.8. The number of amides is 1. The fraction of sp³-hybridized carbons (Fsp3) is 0.385. The van der Waals surface area contributed by atoms with Crippen LogP contribution < -0.4 is 11.5 Å². The zero-order valence-electron chi connectivity index (χ0n) is 10.8. The molecule has 2 rings (SSSR count). The molecule has 1 saturated heterocycles. The van der Waals surface area contributed by atoms with E-state index in [0.29, 0.717) is 19.7 Å². The van der Waals surface area contributed by atoms with Crippen LogP contribution in [0, 0.1) is 5.82 Å². The molecule has 1 aromatic rings. The van der Waals surface area contributed by atoms with Crippen LogP contribution in [0.3, 0.4) is 0 Å². The number of ether oxygens (including phenoxy) is 1. The van der Waals surface area contributed by atoms with Crippen LogP contribution in [0.15, 0.2) is 18.2 Å². The van der Waals surface area contributed by atoms with Gasteiger partial charge in [-0.15, -0.1) is 0 Å². The van der Waals surface area contributed by atoms with Crippen molar-refractivity contribution in [2.24, 2.45) is 11.5 Å². The fourth-order valence-corrected chi connectivity index (χ4v) is 2.34. The van der Waals surface area contributed by atoms with Crippen molar-refractivity contribution in [3.05, 3.63) is 35.1 Å². The Kier molecular flexibility index (Phi) is 4.64. The van der Waals surface area contributed by atoms with Gasteiger partial charge in [0.25, 0.3) is 0 Å². The Morgan fingerprint density at radius 2 is 2.25 bits per heavy atom. The van der Waals surface area contributed by atoms with E-state index in [-0.39, 0.29) is 17.2 Å². The van der Waals surface area contributed by atoms with Gasteiger partial charge in [0.15, 0.2) is 0 Å². The lowest BCUT2D eigenvalue weighted by molar-refractivity contribution is -0.129. The maximum atomic E-state index is 13.5. The molecule has 1 amide bonds. The van der Waals surface area contributed by atoms with E-state index in [1.807, 2.05) is 4.90 Å². The topological polar surface area (TPSA) is 81.6 Å². The first-order valence-corrected chi connectivity index (χ1v) is 6.59. The molecular weight excluding hydrogens is 281 g/mol. The molecule has 1 unspecified atom stereocenters. The number of hydrogen-bond acceptors (Lipinski definition) is 4. The van der Waals surface area contributed by atoms with Crippen molar-refractivity contribution >= 4 is 23.1 Å². The van der Waals surface area contributed by atoms with E-state index in [1.54, 1.807) is 12.1 Å². The quantitative estimate of drug-likeness (QED) is 0.773. The summed E-state index contributed by atoms with van der Waals surface area (Å²) in [5.41, 5.74) is 11.9. The van der Waals surface area contributed by atoms with Crippen LogP contribution in [0.4, 0.5) is 4.39 Å². The van der Waals surface area contributed by atoms with Crippen LogP contribution in [-0.4, -0.2) is 41.6 Å². The Bertz CT molecular complexity index is 538. The van der Waals surface area contributed by atoms with Gasteiger partial charge in [-0.2, -0.15) is 0 Å². The molecule has 1 fully saturated rings. The lowest BCUT2D eigenvalue weighted by atomic mass is 10.1. The lowest BCUT2D eigenvalue weighted by Gasteiger charge is -2.33. The summed E-state index contributed by atoms with van der Waals surface area (Å²) in [6.45, 7) is 1.87. The Hall–Kier alpha value is -1.57. The monoisotopic (exact) mass is 297 g/mol. The molecule has 108 valence electrons. The molecule has 1 aromatic carbocycles. The number of halogens is 1. The minimum Gasteiger partial charge on any atom is -0.389 e. The minimum atomic E-state index is -0.470. The van der Waals surface area contributed by atoms with Crippen LogP contribution in [0.25, 0.3) is 0 Å². The Balaban J connectivity index is 2.18. The number of primary amides is 1. The van der Waals surface area contributed by atoms with E-state index in [0.717, 1.165) is 5.56 Å². The first-order valence-electron chi connectivity index (χ1n) is 6.18. The van der Waals surface area contributed by atoms with Crippen molar-refractivity contribution in [1.82, 2.24) is 4.90 Å². The van der Waals surface area contributed by atoms with Crippen molar-refractivity contribution in [1.29, 1.82) is 0 Å². The summed E-state index contributed by atoms with van der Waals surface area (Å²) in [6.07, 6.45) is 0. The highest BCUT2D eigenvalue weighted by Gasteiger charge is 2.27. The molecule has 0 spiro atoms. The second-order valence-corrected chi connectivity index (χ2v) is 5.08. The smallest absolute Gasteiger partial charge is 0.237 e.